The Labute approximate surface area is 96.0 Å². The number of nitrogens with zero attached hydrogens (tertiary/aromatic N) is 2. The minimum atomic E-state index is -2.50. The molecule has 6 nitrogen and oxygen atoms in total. The first-order chi connectivity index (χ1) is 8.00. The number of amides is 1. The van der Waals surface area contributed by atoms with Crippen molar-refractivity contribution in [2.45, 2.75) is 12.8 Å². The Morgan fingerprint density at radius 1 is 1.53 bits per heavy atom. The highest BCUT2D eigenvalue weighted by molar-refractivity contribution is 5.96. The normalized spacial score (nSPS) is 10.8. The number of anilines is 1. The number of hydrogen-bond donors (Lipinski definition) is 2. The van der Waals surface area contributed by atoms with Crippen LogP contribution in [0.5, 0.6) is 0 Å². The lowest BCUT2D eigenvalue weighted by Crippen LogP contribution is -2.16. The second-order valence-electron chi connectivity index (χ2n) is 3.17. The van der Waals surface area contributed by atoms with Crippen LogP contribution in [0.4, 0.5) is 14.6 Å². The molecular weight excluding hydrogens is 234 g/mol. The van der Waals surface area contributed by atoms with E-state index in [9.17, 15) is 13.6 Å². The molecule has 1 aromatic heterocycles. The SMILES string of the molecule is NC(=O)c1cnc(CCOCC(F)F)nc1N. The quantitative estimate of drug-likeness (QED) is 0.686. The van der Waals surface area contributed by atoms with E-state index in [1.54, 1.807) is 0 Å². The Morgan fingerprint density at radius 3 is 2.76 bits per heavy atom. The largest absolute Gasteiger partial charge is 0.383 e. The summed E-state index contributed by atoms with van der Waals surface area (Å²) in [6.07, 6.45) is -1.07. The number of rotatable bonds is 6. The fraction of sp³-hybridized carbons (Fsp3) is 0.444. The zero-order valence-corrected chi connectivity index (χ0v) is 8.90. The van der Waals surface area contributed by atoms with Crippen molar-refractivity contribution < 1.29 is 18.3 Å². The second kappa shape index (κ2) is 6.04. The van der Waals surface area contributed by atoms with Gasteiger partial charge in [-0.05, 0) is 0 Å². The minimum Gasteiger partial charge on any atom is -0.383 e. The molecule has 0 spiro atoms. The molecule has 0 atom stereocenters. The first-order valence-corrected chi connectivity index (χ1v) is 4.77. The Bertz CT molecular complexity index is 401. The molecule has 0 saturated carbocycles. The van der Waals surface area contributed by atoms with Gasteiger partial charge >= 0.3 is 0 Å². The van der Waals surface area contributed by atoms with Gasteiger partial charge in [-0.2, -0.15) is 0 Å². The summed E-state index contributed by atoms with van der Waals surface area (Å²) in [5.41, 5.74) is 10.5. The van der Waals surface area contributed by atoms with Crippen LogP contribution < -0.4 is 11.5 Å². The number of primary amides is 1. The first-order valence-electron chi connectivity index (χ1n) is 4.77. The molecular formula is C9H12F2N4O2. The van der Waals surface area contributed by atoms with Crippen LogP contribution in [0.25, 0.3) is 0 Å². The molecule has 17 heavy (non-hydrogen) atoms. The molecule has 0 saturated heterocycles. The van der Waals surface area contributed by atoms with Crippen LogP contribution in [0.2, 0.25) is 0 Å². The van der Waals surface area contributed by atoms with E-state index in [1.165, 1.54) is 6.20 Å². The van der Waals surface area contributed by atoms with Gasteiger partial charge in [-0.15, -0.1) is 0 Å². The lowest BCUT2D eigenvalue weighted by molar-refractivity contribution is 0.0183. The van der Waals surface area contributed by atoms with Crippen molar-refractivity contribution in [3.8, 4) is 0 Å². The van der Waals surface area contributed by atoms with E-state index < -0.39 is 18.9 Å². The van der Waals surface area contributed by atoms with E-state index in [-0.39, 0.29) is 24.4 Å². The number of hydrogen-bond acceptors (Lipinski definition) is 5. The fourth-order valence-corrected chi connectivity index (χ4v) is 1.08. The molecule has 8 heteroatoms. The maximum Gasteiger partial charge on any atom is 0.261 e. The summed E-state index contributed by atoms with van der Waals surface area (Å²) in [7, 11) is 0. The third-order valence-corrected chi connectivity index (χ3v) is 1.85. The number of nitrogen functional groups attached to an aromatic ring is 1. The molecule has 94 valence electrons. The number of carbonyl (C=O) groups excluding carboxylic acids is 1. The number of alkyl halides is 2. The van der Waals surface area contributed by atoms with Gasteiger partial charge in [0.2, 0.25) is 0 Å². The summed E-state index contributed by atoms with van der Waals surface area (Å²) in [5.74, 6) is -0.443. The molecule has 0 aliphatic rings. The van der Waals surface area contributed by atoms with E-state index in [1.807, 2.05) is 0 Å². The fourth-order valence-electron chi connectivity index (χ4n) is 1.08. The third kappa shape index (κ3) is 4.27. The average Bonchev–Trinajstić information content (AvgIpc) is 2.23. The standard InChI is InChI=1S/C9H12F2N4O2/c10-6(11)4-17-2-1-7-14-3-5(9(13)16)8(12)15-7/h3,6H,1-2,4H2,(H2,13,16)(H2,12,14,15). The van der Waals surface area contributed by atoms with Crippen LogP contribution in [0.3, 0.4) is 0 Å². The number of halogens is 2. The molecule has 0 fully saturated rings. The monoisotopic (exact) mass is 246 g/mol. The summed E-state index contributed by atoms with van der Waals surface area (Å²) in [6.45, 7) is -0.575. The van der Waals surface area contributed by atoms with Crippen LogP contribution in [-0.2, 0) is 11.2 Å². The molecule has 0 unspecified atom stereocenters. The van der Waals surface area contributed by atoms with E-state index in [4.69, 9.17) is 11.5 Å². The topological polar surface area (TPSA) is 104 Å². The summed E-state index contributed by atoms with van der Waals surface area (Å²) in [6, 6.07) is 0. The van der Waals surface area contributed by atoms with Crippen molar-refractivity contribution in [2.24, 2.45) is 5.73 Å². The van der Waals surface area contributed by atoms with Gasteiger partial charge in [-0.3, -0.25) is 4.79 Å². The maximum atomic E-state index is 11.7. The zero-order valence-electron chi connectivity index (χ0n) is 8.90. The third-order valence-electron chi connectivity index (χ3n) is 1.85. The Kier molecular flexibility index (Phi) is 4.70. The number of ether oxygens (including phenoxy) is 1. The van der Waals surface area contributed by atoms with Gasteiger partial charge in [0, 0.05) is 12.6 Å². The van der Waals surface area contributed by atoms with Gasteiger partial charge in [0.15, 0.2) is 0 Å². The van der Waals surface area contributed by atoms with Crippen LogP contribution in [0, 0.1) is 0 Å². The summed E-state index contributed by atoms with van der Waals surface area (Å²) >= 11 is 0. The van der Waals surface area contributed by atoms with E-state index in [0.717, 1.165) is 0 Å². The van der Waals surface area contributed by atoms with Crippen LogP contribution in [0.1, 0.15) is 16.2 Å². The molecule has 1 aromatic rings. The van der Waals surface area contributed by atoms with Gasteiger partial charge in [-0.1, -0.05) is 0 Å². The lowest BCUT2D eigenvalue weighted by Gasteiger charge is -2.05. The van der Waals surface area contributed by atoms with E-state index in [2.05, 4.69) is 14.7 Å². The Balaban J connectivity index is 2.50. The summed E-state index contributed by atoms with van der Waals surface area (Å²) in [5, 5.41) is 0. The molecule has 0 aromatic carbocycles. The molecule has 4 N–H and O–H groups in total. The Morgan fingerprint density at radius 2 is 2.24 bits per heavy atom. The summed E-state index contributed by atoms with van der Waals surface area (Å²) < 4.78 is 28.1. The highest BCUT2D eigenvalue weighted by Gasteiger charge is 2.09. The highest BCUT2D eigenvalue weighted by Crippen LogP contribution is 2.06. The number of nitrogens with two attached hydrogens (primary N) is 2. The van der Waals surface area contributed by atoms with Crippen molar-refractivity contribution in [2.75, 3.05) is 18.9 Å². The summed E-state index contributed by atoms with van der Waals surface area (Å²) in [4.78, 5) is 18.4. The number of carbonyl (C=O) groups is 1. The zero-order chi connectivity index (χ0) is 12.8. The van der Waals surface area contributed by atoms with Crippen molar-refractivity contribution in [1.29, 1.82) is 0 Å². The van der Waals surface area contributed by atoms with Gasteiger partial charge in [-0.25, -0.2) is 18.7 Å². The van der Waals surface area contributed by atoms with Crippen LogP contribution in [-0.4, -0.2) is 35.5 Å². The van der Waals surface area contributed by atoms with Gasteiger partial charge in [0.25, 0.3) is 12.3 Å². The molecule has 1 heterocycles. The van der Waals surface area contributed by atoms with Crippen LogP contribution >= 0.6 is 0 Å². The van der Waals surface area contributed by atoms with E-state index >= 15 is 0 Å². The van der Waals surface area contributed by atoms with Gasteiger partial charge < -0.3 is 16.2 Å². The predicted octanol–water partition coefficient (Wildman–Crippen LogP) is -0.0181. The van der Waals surface area contributed by atoms with Gasteiger partial charge in [0.05, 0.1) is 12.2 Å². The van der Waals surface area contributed by atoms with Crippen LogP contribution in [0.15, 0.2) is 6.20 Å². The average molecular weight is 246 g/mol. The van der Waals surface area contributed by atoms with Crippen molar-refractivity contribution >= 4 is 11.7 Å². The van der Waals surface area contributed by atoms with Gasteiger partial charge in [0.1, 0.15) is 18.2 Å². The highest BCUT2D eigenvalue weighted by atomic mass is 19.3. The predicted molar refractivity (Wildman–Crippen MR) is 55.5 cm³/mol. The minimum absolute atomic E-state index is 0.0299. The Hall–Kier alpha value is -1.83. The molecule has 1 amide bonds. The second-order valence-corrected chi connectivity index (χ2v) is 3.17. The molecule has 0 radical (unpaired) electrons. The molecule has 0 aliphatic carbocycles. The molecule has 1 rings (SSSR count). The first kappa shape index (κ1) is 13.2. The maximum absolute atomic E-state index is 11.7. The molecule has 0 aliphatic heterocycles. The lowest BCUT2D eigenvalue weighted by atomic mass is 10.3. The number of aromatic nitrogens is 2. The van der Waals surface area contributed by atoms with Crippen molar-refractivity contribution in [3.05, 3.63) is 17.6 Å². The molecule has 0 bridgehead atoms. The van der Waals surface area contributed by atoms with Crippen molar-refractivity contribution in [3.63, 3.8) is 0 Å². The van der Waals surface area contributed by atoms with E-state index in [0.29, 0.717) is 5.82 Å². The smallest absolute Gasteiger partial charge is 0.261 e. The van der Waals surface area contributed by atoms with Crippen molar-refractivity contribution in [1.82, 2.24) is 9.97 Å².